The van der Waals surface area contributed by atoms with Crippen LogP contribution in [0.15, 0.2) is 39.6 Å². The molecule has 6 heteroatoms. The Morgan fingerprint density at radius 2 is 2.24 bits per heavy atom. The summed E-state index contributed by atoms with van der Waals surface area (Å²) in [4.78, 5) is 16.3. The van der Waals surface area contributed by atoms with E-state index >= 15 is 0 Å². The Hall–Kier alpha value is -2.89. The Bertz CT molecular complexity index is 926. The number of aryl methyl sites for hydroxylation is 3. The third-order valence-electron chi connectivity index (χ3n) is 4.68. The third-order valence-corrected chi connectivity index (χ3v) is 4.68. The van der Waals surface area contributed by atoms with E-state index in [4.69, 9.17) is 8.94 Å². The second kappa shape index (κ2) is 6.20. The van der Waals surface area contributed by atoms with Gasteiger partial charge in [-0.05, 0) is 37.0 Å². The van der Waals surface area contributed by atoms with E-state index in [1.165, 1.54) is 12.0 Å². The van der Waals surface area contributed by atoms with E-state index in [1.54, 1.807) is 6.92 Å². The summed E-state index contributed by atoms with van der Waals surface area (Å²) in [5, 5.41) is 7.17. The minimum Gasteiger partial charge on any atom is -0.438 e. The van der Waals surface area contributed by atoms with Crippen LogP contribution in [0.25, 0.3) is 11.3 Å². The van der Waals surface area contributed by atoms with Crippen molar-refractivity contribution in [2.45, 2.75) is 39.2 Å². The molecule has 3 aromatic rings. The lowest BCUT2D eigenvalue weighted by Gasteiger charge is -2.13. The number of aromatic nitrogens is 2. The molecule has 0 fully saturated rings. The molecule has 0 radical (unpaired) electrons. The van der Waals surface area contributed by atoms with Gasteiger partial charge in [0.05, 0.1) is 11.7 Å². The number of benzene rings is 1. The highest BCUT2D eigenvalue weighted by Crippen LogP contribution is 2.34. The molecule has 1 N–H and O–H groups in total. The van der Waals surface area contributed by atoms with Gasteiger partial charge in [0, 0.05) is 18.1 Å². The van der Waals surface area contributed by atoms with E-state index in [1.807, 2.05) is 19.1 Å². The molecule has 1 aliphatic rings. The summed E-state index contributed by atoms with van der Waals surface area (Å²) in [7, 11) is 0. The Morgan fingerprint density at radius 3 is 2.96 bits per heavy atom. The van der Waals surface area contributed by atoms with Crippen molar-refractivity contribution in [1.29, 1.82) is 0 Å². The van der Waals surface area contributed by atoms with Crippen LogP contribution in [0.3, 0.4) is 0 Å². The van der Waals surface area contributed by atoms with Crippen LogP contribution >= 0.6 is 0 Å². The molecular formula is C19H19N3O3. The van der Waals surface area contributed by atoms with Crippen LogP contribution in [0, 0.1) is 6.92 Å². The molecule has 0 aliphatic heterocycles. The van der Waals surface area contributed by atoms with Crippen LogP contribution < -0.4 is 5.32 Å². The summed E-state index contributed by atoms with van der Waals surface area (Å²) in [6.45, 7) is 3.80. The van der Waals surface area contributed by atoms with Gasteiger partial charge in [-0.1, -0.05) is 24.2 Å². The number of hydrogen-bond donors (Lipinski definition) is 1. The average Bonchev–Trinajstić information content (AvgIpc) is 3.34. The Labute approximate surface area is 145 Å². The summed E-state index contributed by atoms with van der Waals surface area (Å²) in [5.74, 6) is 0.934. The van der Waals surface area contributed by atoms with Crippen molar-refractivity contribution in [1.82, 2.24) is 15.5 Å². The topological polar surface area (TPSA) is 81.2 Å². The molecule has 128 valence electrons. The van der Waals surface area contributed by atoms with Gasteiger partial charge in [0.25, 0.3) is 5.91 Å². The van der Waals surface area contributed by atoms with Crippen molar-refractivity contribution in [3.05, 3.63) is 59.0 Å². The standard InChI is InChI=1S/C19H19N3O3/c1-3-14-9-17(22-25-14)13-4-6-15-12(8-13)5-7-16(15)21-19(23)18-11(2)20-10-24-18/h4,6,8-10,16H,3,5,7H2,1-2H3,(H,21,23)/t16-/m1/s1. The molecule has 25 heavy (non-hydrogen) atoms. The molecule has 2 heterocycles. The van der Waals surface area contributed by atoms with E-state index in [9.17, 15) is 4.79 Å². The lowest BCUT2D eigenvalue weighted by Crippen LogP contribution is -2.27. The van der Waals surface area contributed by atoms with E-state index in [-0.39, 0.29) is 17.7 Å². The predicted molar refractivity (Wildman–Crippen MR) is 91.1 cm³/mol. The van der Waals surface area contributed by atoms with Gasteiger partial charge >= 0.3 is 0 Å². The van der Waals surface area contributed by atoms with E-state index < -0.39 is 0 Å². The largest absolute Gasteiger partial charge is 0.438 e. The maximum Gasteiger partial charge on any atom is 0.289 e. The van der Waals surface area contributed by atoms with Crippen molar-refractivity contribution < 1.29 is 13.7 Å². The van der Waals surface area contributed by atoms with Crippen molar-refractivity contribution in [2.24, 2.45) is 0 Å². The number of amides is 1. The molecule has 0 spiro atoms. The molecule has 0 bridgehead atoms. The molecule has 1 aromatic carbocycles. The van der Waals surface area contributed by atoms with Gasteiger partial charge in [-0.3, -0.25) is 4.79 Å². The molecular weight excluding hydrogens is 318 g/mol. The highest BCUT2D eigenvalue weighted by molar-refractivity contribution is 5.92. The van der Waals surface area contributed by atoms with Gasteiger partial charge in [-0.15, -0.1) is 0 Å². The average molecular weight is 337 g/mol. The molecule has 4 rings (SSSR count). The van der Waals surface area contributed by atoms with Crippen LogP contribution in [0.4, 0.5) is 0 Å². The Kier molecular flexibility index (Phi) is 3.87. The molecule has 1 amide bonds. The summed E-state index contributed by atoms with van der Waals surface area (Å²) >= 11 is 0. The minimum atomic E-state index is -0.221. The maximum absolute atomic E-state index is 12.3. The number of carbonyl (C=O) groups excluding carboxylic acids is 1. The number of hydrogen-bond acceptors (Lipinski definition) is 5. The fourth-order valence-corrected chi connectivity index (χ4v) is 3.29. The maximum atomic E-state index is 12.3. The summed E-state index contributed by atoms with van der Waals surface area (Å²) in [6, 6.07) is 8.20. The fraction of sp³-hybridized carbons (Fsp3) is 0.316. The fourth-order valence-electron chi connectivity index (χ4n) is 3.29. The van der Waals surface area contributed by atoms with Gasteiger partial charge in [0.15, 0.2) is 6.39 Å². The highest BCUT2D eigenvalue weighted by Gasteiger charge is 2.26. The van der Waals surface area contributed by atoms with Gasteiger partial charge in [-0.2, -0.15) is 0 Å². The molecule has 0 unspecified atom stereocenters. The zero-order valence-electron chi connectivity index (χ0n) is 14.2. The van der Waals surface area contributed by atoms with Crippen LogP contribution in [0.5, 0.6) is 0 Å². The Morgan fingerprint density at radius 1 is 1.36 bits per heavy atom. The van der Waals surface area contributed by atoms with E-state index in [0.29, 0.717) is 5.69 Å². The number of fused-ring (bicyclic) bond motifs is 1. The summed E-state index contributed by atoms with van der Waals surface area (Å²) < 4.78 is 10.5. The van der Waals surface area contributed by atoms with Gasteiger partial charge in [-0.25, -0.2) is 4.98 Å². The zero-order valence-corrected chi connectivity index (χ0v) is 14.2. The first-order chi connectivity index (χ1) is 12.2. The number of rotatable bonds is 4. The molecule has 1 aliphatic carbocycles. The first-order valence-electron chi connectivity index (χ1n) is 8.45. The second-order valence-corrected chi connectivity index (χ2v) is 6.28. The highest BCUT2D eigenvalue weighted by atomic mass is 16.5. The van der Waals surface area contributed by atoms with Crippen LogP contribution in [-0.2, 0) is 12.8 Å². The van der Waals surface area contributed by atoms with Gasteiger partial charge in [0.1, 0.15) is 11.5 Å². The van der Waals surface area contributed by atoms with Crippen molar-refractivity contribution in [3.8, 4) is 11.3 Å². The first-order valence-corrected chi connectivity index (χ1v) is 8.45. The predicted octanol–water partition coefficient (Wildman–Crippen LogP) is 3.62. The molecule has 6 nitrogen and oxygen atoms in total. The first kappa shape index (κ1) is 15.6. The zero-order chi connectivity index (χ0) is 17.4. The van der Waals surface area contributed by atoms with Crippen molar-refractivity contribution in [2.75, 3.05) is 0 Å². The van der Waals surface area contributed by atoms with Gasteiger partial charge < -0.3 is 14.3 Å². The molecule has 0 saturated carbocycles. The summed E-state index contributed by atoms with van der Waals surface area (Å²) in [5.41, 5.74) is 4.88. The van der Waals surface area contributed by atoms with Gasteiger partial charge in [0.2, 0.25) is 5.76 Å². The van der Waals surface area contributed by atoms with Crippen LogP contribution in [-0.4, -0.2) is 16.0 Å². The second-order valence-electron chi connectivity index (χ2n) is 6.28. The number of nitrogens with zero attached hydrogens (tertiary/aromatic N) is 2. The lowest BCUT2D eigenvalue weighted by atomic mass is 10.0. The number of carbonyl (C=O) groups is 1. The number of nitrogens with one attached hydrogen (secondary N) is 1. The van der Waals surface area contributed by atoms with E-state index in [0.717, 1.165) is 41.8 Å². The quantitative estimate of drug-likeness (QED) is 0.786. The minimum absolute atomic E-state index is 0.00967. The summed E-state index contributed by atoms with van der Waals surface area (Å²) in [6.07, 6.45) is 3.91. The molecule has 0 saturated heterocycles. The van der Waals surface area contributed by atoms with Crippen LogP contribution in [0.2, 0.25) is 0 Å². The Balaban J connectivity index is 1.55. The molecule has 1 atom stereocenters. The van der Waals surface area contributed by atoms with Crippen molar-refractivity contribution in [3.63, 3.8) is 0 Å². The smallest absolute Gasteiger partial charge is 0.289 e. The lowest BCUT2D eigenvalue weighted by molar-refractivity contribution is 0.0908. The van der Waals surface area contributed by atoms with Crippen molar-refractivity contribution >= 4 is 5.91 Å². The van der Waals surface area contributed by atoms with Crippen LogP contribution in [0.1, 0.15) is 52.5 Å². The SMILES string of the molecule is CCc1cc(-c2ccc3c(c2)CC[C@H]3NC(=O)c2ocnc2C)no1. The normalized spacial score (nSPS) is 16.0. The van der Waals surface area contributed by atoms with E-state index in [2.05, 4.69) is 27.6 Å². The monoisotopic (exact) mass is 337 g/mol. The molecule has 2 aromatic heterocycles. The third kappa shape index (κ3) is 2.84. The number of oxazole rings is 1.